The summed E-state index contributed by atoms with van der Waals surface area (Å²) in [5.41, 5.74) is 0.816. The number of carbonyl (C=O) groups excluding carboxylic acids is 1. The number of fused-ring (bicyclic) bond motifs is 1. The lowest BCUT2D eigenvalue weighted by molar-refractivity contribution is -0.119. The summed E-state index contributed by atoms with van der Waals surface area (Å²) >= 11 is 0. The molecule has 0 radical (unpaired) electrons. The minimum absolute atomic E-state index is 0.0275. The molecule has 216 valence electrons. The lowest BCUT2D eigenvalue weighted by Gasteiger charge is -2.18. The van der Waals surface area contributed by atoms with Crippen molar-refractivity contribution in [2.75, 3.05) is 30.5 Å². The first-order valence-corrected chi connectivity index (χ1v) is 13.6. The zero-order valence-corrected chi connectivity index (χ0v) is 24.0. The van der Waals surface area contributed by atoms with Crippen LogP contribution in [-0.4, -0.2) is 55.6 Å². The van der Waals surface area contributed by atoms with Crippen molar-refractivity contribution >= 4 is 34.3 Å². The SMILES string of the molecule is C=CCn1c(=O)c2cnc(Nc3ccc(N(C)C(=O)CCOCCCC)cc3)nc2n1-c1cccc(C(C)(C)O)n1. The van der Waals surface area contributed by atoms with Gasteiger partial charge in [-0.15, -0.1) is 6.58 Å². The molecular weight excluding hydrogens is 522 g/mol. The summed E-state index contributed by atoms with van der Waals surface area (Å²) in [6.45, 7) is 10.5. The Hall–Kier alpha value is -4.35. The maximum absolute atomic E-state index is 13.2. The van der Waals surface area contributed by atoms with Gasteiger partial charge in [-0.3, -0.25) is 9.59 Å². The van der Waals surface area contributed by atoms with Gasteiger partial charge in [0, 0.05) is 31.2 Å². The van der Waals surface area contributed by atoms with Crippen LogP contribution in [0.4, 0.5) is 17.3 Å². The lowest BCUT2D eigenvalue weighted by atomic mass is 10.1. The number of amides is 1. The first-order valence-electron chi connectivity index (χ1n) is 13.6. The van der Waals surface area contributed by atoms with Crippen LogP contribution in [0, 0.1) is 0 Å². The van der Waals surface area contributed by atoms with E-state index in [2.05, 4.69) is 33.8 Å². The molecule has 1 aromatic carbocycles. The average molecular weight is 560 g/mol. The Balaban J connectivity index is 1.58. The number of unbranched alkanes of at least 4 members (excludes halogenated alkanes) is 1. The van der Waals surface area contributed by atoms with Gasteiger partial charge in [-0.2, -0.15) is 4.98 Å². The molecule has 0 bridgehead atoms. The predicted molar refractivity (Wildman–Crippen MR) is 160 cm³/mol. The van der Waals surface area contributed by atoms with E-state index in [1.807, 2.05) is 24.3 Å². The third-order valence-corrected chi connectivity index (χ3v) is 6.54. The smallest absolute Gasteiger partial charge is 0.278 e. The first-order chi connectivity index (χ1) is 19.6. The molecule has 3 aromatic heterocycles. The molecule has 0 unspecified atom stereocenters. The van der Waals surface area contributed by atoms with Crippen LogP contribution in [0.15, 0.2) is 66.1 Å². The molecule has 0 saturated heterocycles. The zero-order valence-electron chi connectivity index (χ0n) is 24.0. The van der Waals surface area contributed by atoms with E-state index < -0.39 is 5.60 Å². The van der Waals surface area contributed by atoms with Gasteiger partial charge in [0.1, 0.15) is 11.0 Å². The number of hydrogen-bond acceptors (Lipinski definition) is 8. The van der Waals surface area contributed by atoms with E-state index in [1.165, 1.54) is 10.9 Å². The largest absolute Gasteiger partial charge is 0.384 e. The Morgan fingerprint density at radius 3 is 2.61 bits per heavy atom. The molecule has 0 fully saturated rings. The summed E-state index contributed by atoms with van der Waals surface area (Å²) in [4.78, 5) is 41.0. The number of carbonyl (C=O) groups is 1. The van der Waals surface area contributed by atoms with Gasteiger partial charge in [0.05, 0.1) is 25.3 Å². The second kappa shape index (κ2) is 12.9. The summed E-state index contributed by atoms with van der Waals surface area (Å²) in [6.07, 6.45) is 5.45. The Morgan fingerprint density at radius 2 is 1.93 bits per heavy atom. The molecule has 0 spiro atoms. The fraction of sp³-hybridized carbons (Fsp3) is 0.367. The standard InChI is InChI=1S/C30H37N7O4/c1-6-8-18-41-19-16-26(38)35(5)22-14-12-21(13-15-22)32-29-31-20-23-27(34-29)37(36(17-7-2)28(23)39)25-11-9-10-24(33-25)30(3,4)40/h7,9-15,20,40H,2,6,8,16-19H2,1,3-5H3,(H,31,32,34). The molecule has 4 aromatic rings. The molecule has 0 atom stereocenters. The van der Waals surface area contributed by atoms with E-state index >= 15 is 0 Å². The highest BCUT2D eigenvalue weighted by Crippen LogP contribution is 2.23. The molecule has 2 N–H and O–H groups in total. The van der Waals surface area contributed by atoms with Crippen molar-refractivity contribution in [1.82, 2.24) is 24.3 Å². The predicted octanol–water partition coefficient (Wildman–Crippen LogP) is 4.30. The van der Waals surface area contributed by atoms with Crippen LogP contribution < -0.4 is 15.8 Å². The van der Waals surface area contributed by atoms with Crippen LogP contribution in [-0.2, 0) is 21.7 Å². The molecule has 11 nitrogen and oxygen atoms in total. The van der Waals surface area contributed by atoms with Gasteiger partial charge >= 0.3 is 0 Å². The first kappa shape index (κ1) is 29.6. The third-order valence-electron chi connectivity index (χ3n) is 6.54. The zero-order chi connectivity index (χ0) is 29.6. The molecule has 0 aliphatic heterocycles. The Morgan fingerprint density at radius 1 is 1.17 bits per heavy atom. The van der Waals surface area contributed by atoms with E-state index in [0.29, 0.717) is 47.9 Å². The molecular formula is C30H37N7O4. The Labute approximate surface area is 239 Å². The highest BCUT2D eigenvalue weighted by molar-refractivity contribution is 5.93. The van der Waals surface area contributed by atoms with Gasteiger partial charge < -0.3 is 20.1 Å². The third kappa shape index (κ3) is 6.87. The molecule has 4 rings (SSSR count). The number of anilines is 3. The number of rotatable bonds is 13. The van der Waals surface area contributed by atoms with Gasteiger partial charge in [-0.25, -0.2) is 19.3 Å². The molecule has 0 aliphatic carbocycles. The molecule has 3 heterocycles. The summed E-state index contributed by atoms with van der Waals surface area (Å²) in [7, 11) is 1.74. The quantitative estimate of drug-likeness (QED) is 0.183. The summed E-state index contributed by atoms with van der Waals surface area (Å²) in [5, 5.41) is 14.0. The number of allylic oxidation sites excluding steroid dienone is 1. The highest BCUT2D eigenvalue weighted by Gasteiger charge is 2.22. The van der Waals surface area contributed by atoms with Crippen molar-refractivity contribution in [3.63, 3.8) is 0 Å². The lowest BCUT2D eigenvalue weighted by Crippen LogP contribution is -2.27. The van der Waals surface area contributed by atoms with Gasteiger partial charge in [0.2, 0.25) is 11.9 Å². The van der Waals surface area contributed by atoms with E-state index in [4.69, 9.17) is 4.74 Å². The number of benzene rings is 1. The van der Waals surface area contributed by atoms with Gasteiger partial charge in [0.25, 0.3) is 5.56 Å². The number of hydrogen-bond donors (Lipinski definition) is 2. The number of pyridine rings is 1. The number of nitrogens with zero attached hydrogens (tertiary/aromatic N) is 6. The van der Waals surface area contributed by atoms with E-state index in [1.54, 1.807) is 54.8 Å². The molecule has 11 heteroatoms. The molecule has 41 heavy (non-hydrogen) atoms. The van der Waals surface area contributed by atoms with Crippen molar-refractivity contribution in [3.8, 4) is 5.82 Å². The van der Waals surface area contributed by atoms with Crippen molar-refractivity contribution in [2.45, 2.75) is 52.2 Å². The summed E-state index contributed by atoms with van der Waals surface area (Å²) < 4.78 is 8.60. The number of aromatic nitrogens is 5. The van der Waals surface area contributed by atoms with Crippen LogP contribution in [0.3, 0.4) is 0 Å². The number of aliphatic hydroxyl groups is 1. The topological polar surface area (TPSA) is 127 Å². The number of ether oxygens (including phenoxy) is 1. The maximum Gasteiger partial charge on any atom is 0.278 e. The second-order valence-corrected chi connectivity index (χ2v) is 10.2. The fourth-order valence-corrected chi connectivity index (χ4v) is 4.21. The minimum atomic E-state index is -1.17. The summed E-state index contributed by atoms with van der Waals surface area (Å²) in [6, 6.07) is 12.6. The number of nitrogens with one attached hydrogen (secondary N) is 1. The fourth-order valence-electron chi connectivity index (χ4n) is 4.21. The van der Waals surface area contributed by atoms with Crippen LogP contribution in [0.2, 0.25) is 0 Å². The van der Waals surface area contributed by atoms with Gasteiger partial charge in [-0.1, -0.05) is 25.5 Å². The average Bonchev–Trinajstić information content (AvgIpc) is 3.23. The molecule has 0 saturated carbocycles. The van der Waals surface area contributed by atoms with Crippen LogP contribution in [0.25, 0.3) is 16.9 Å². The van der Waals surface area contributed by atoms with Crippen LogP contribution >= 0.6 is 0 Å². The molecule has 0 aliphatic rings. The monoisotopic (exact) mass is 559 g/mol. The van der Waals surface area contributed by atoms with Crippen molar-refractivity contribution in [2.24, 2.45) is 0 Å². The van der Waals surface area contributed by atoms with E-state index in [-0.39, 0.29) is 24.0 Å². The Kier molecular flexibility index (Phi) is 9.31. The van der Waals surface area contributed by atoms with Crippen LogP contribution in [0.1, 0.15) is 45.7 Å². The summed E-state index contributed by atoms with van der Waals surface area (Å²) in [5.74, 6) is 0.679. The second-order valence-electron chi connectivity index (χ2n) is 10.2. The molecule has 1 amide bonds. The Bertz CT molecular complexity index is 1570. The normalized spacial score (nSPS) is 11.5. The van der Waals surface area contributed by atoms with Crippen molar-refractivity contribution in [1.29, 1.82) is 0 Å². The van der Waals surface area contributed by atoms with Crippen molar-refractivity contribution < 1.29 is 14.6 Å². The minimum Gasteiger partial charge on any atom is -0.384 e. The van der Waals surface area contributed by atoms with Crippen molar-refractivity contribution in [3.05, 3.63) is 77.4 Å². The van der Waals surface area contributed by atoms with Gasteiger partial charge in [0.15, 0.2) is 11.5 Å². The van der Waals surface area contributed by atoms with Crippen LogP contribution in [0.5, 0.6) is 0 Å². The maximum atomic E-state index is 13.2. The van der Waals surface area contributed by atoms with Gasteiger partial charge in [-0.05, 0) is 56.7 Å². The van der Waals surface area contributed by atoms with E-state index in [0.717, 1.165) is 18.5 Å². The van der Waals surface area contributed by atoms with E-state index in [9.17, 15) is 14.7 Å². The highest BCUT2D eigenvalue weighted by atomic mass is 16.5.